The summed E-state index contributed by atoms with van der Waals surface area (Å²) in [6.45, 7) is 0. The monoisotopic (exact) mass is 246 g/mol. The van der Waals surface area contributed by atoms with Crippen molar-refractivity contribution in [2.75, 3.05) is 7.05 Å². The molecule has 0 atom stereocenters. The van der Waals surface area contributed by atoms with E-state index in [2.05, 4.69) is 17.5 Å². The number of amides is 1. The molecule has 0 bridgehead atoms. The summed E-state index contributed by atoms with van der Waals surface area (Å²) in [5.74, 6) is 5.63. The van der Waals surface area contributed by atoms with Crippen molar-refractivity contribution >= 4 is 27.3 Å². The van der Waals surface area contributed by atoms with Crippen molar-refractivity contribution in [3.8, 4) is 0 Å². The van der Waals surface area contributed by atoms with Crippen LogP contribution in [0.3, 0.4) is 0 Å². The molecule has 1 aromatic carbocycles. The van der Waals surface area contributed by atoms with E-state index in [-0.39, 0.29) is 11.3 Å². The minimum atomic E-state index is -0.344. The van der Waals surface area contributed by atoms with Gasteiger partial charge in [0.25, 0.3) is 0 Å². The molecule has 0 saturated heterocycles. The third-order valence-corrected chi connectivity index (χ3v) is 4.44. The van der Waals surface area contributed by atoms with Gasteiger partial charge in [0.1, 0.15) is 0 Å². The van der Waals surface area contributed by atoms with Crippen LogP contribution in [0.1, 0.15) is 18.4 Å². The smallest absolute Gasteiger partial charge is 0.246 e. The summed E-state index contributed by atoms with van der Waals surface area (Å²) in [6, 6.07) is 8.23. The second-order valence-electron chi connectivity index (χ2n) is 4.64. The van der Waals surface area contributed by atoms with Gasteiger partial charge in [-0.15, -0.1) is 11.3 Å². The minimum absolute atomic E-state index is 0.0288. The Hall–Kier alpha value is -1.39. The van der Waals surface area contributed by atoms with Crippen molar-refractivity contribution in [1.29, 1.82) is 0 Å². The summed E-state index contributed by atoms with van der Waals surface area (Å²) in [4.78, 5) is 12.2. The predicted octanol–water partition coefficient (Wildman–Crippen LogP) is 2.27. The molecule has 3 nitrogen and oxygen atoms in total. The van der Waals surface area contributed by atoms with E-state index in [0.29, 0.717) is 0 Å². The molecule has 17 heavy (non-hydrogen) atoms. The van der Waals surface area contributed by atoms with Crippen LogP contribution in [0.2, 0.25) is 0 Å². The maximum absolute atomic E-state index is 12.2. The normalized spacial score (nSPS) is 17.1. The molecule has 1 aliphatic carbocycles. The first-order valence-corrected chi connectivity index (χ1v) is 6.53. The second-order valence-corrected chi connectivity index (χ2v) is 5.55. The molecule has 1 fully saturated rings. The van der Waals surface area contributed by atoms with Crippen LogP contribution in [-0.4, -0.2) is 18.0 Å². The van der Waals surface area contributed by atoms with Gasteiger partial charge in [0.05, 0.1) is 5.41 Å². The molecule has 88 valence electrons. The lowest BCUT2D eigenvalue weighted by Crippen LogP contribution is -2.40. The fraction of sp³-hybridized carbons (Fsp3) is 0.308. The van der Waals surface area contributed by atoms with E-state index >= 15 is 0 Å². The van der Waals surface area contributed by atoms with E-state index in [1.54, 1.807) is 18.4 Å². The van der Waals surface area contributed by atoms with Crippen LogP contribution in [0.15, 0.2) is 29.6 Å². The quantitative estimate of drug-likeness (QED) is 0.502. The molecular weight excluding hydrogens is 232 g/mol. The summed E-state index contributed by atoms with van der Waals surface area (Å²) in [5, 5.41) is 4.53. The van der Waals surface area contributed by atoms with Gasteiger partial charge in [-0.25, -0.2) is 5.84 Å². The summed E-state index contributed by atoms with van der Waals surface area (Å²) in [7, 11) is 1.62. The number of nitrogens with zero attached hydrogens (tertiary/aromatic N) is 1. The molecule has 1 amide bonds. The molecule has 3 rings (SSSR count). The van der Waals surface area contributed by atoms with Crippen molar-refractivity contribution in [3.05, 3.63) is 35.2 Å². The van der Waals surface area contributed by atoms with Gasteiger partial charge in [-0.2, -0.15) is 0 Å². The number of rotatable bonds is 2. The van der Waals surface area contributed by atoms with Crippen molar-refractivity contribution in [2.24, 2.45) is 5.84 Å². The van der Waals surface area contributed by atoms with E-state index in [9.17, 15) is 4.79 Å². The first-order valence-electron chi connectivity index (χ1n) is 5.65. The van der Waals surface area contributed by atoms with Gasteiger partial charge < -0.3 is 0 Å². The Bertz CT molecular complexity index is 584. The molecule has 1 aromatic heterocycles. The molecule has 0 unspecified atom stereocenters. The van der Waals surface area contributed by atoms with Crippen LogP contribution >= 0.6 is 11.3 Å². The van der Waals surface area contributed by atoms with Crippen molar-refractivity contribution < 1.29 is 4.79 Å². The van der Waals surface area contributed by atoms with E-state index in [4.69, 9.17) is 5.84 Å². The Kier molecular flexibility index (Phi) is 2.24. The molecule has 2 aromatic rings. The predicted molar refractivity (Wildman–Crippen MR) is 69.7 cm³/mol. The van der Waals surface area contributed by atoms with Crippen LogP contribution in [0.5, 0.6) is 0 Å². The van der Waals surface area contributed by atoms with Gasteiger partial charge in [0, 0.05) is 11.7 Å². The molecule has 0 radical (unpaired) electrons. The maximum atomic E-state index is 12.2. The molecule has 0 aliphatic heterocycles. The lowest BCUT2D eigenvalue weighted by Gasteiger charge is -2.18. The van der Waals surface area contributed by atoms with Crippen molar-refractivity contribution in [2.45, 2.75) is 18.3 Å². The van der Waals surface area contributed by atoms with Crippen LogP contribution in [0, 0.1) is 0 Å². The average Bonchev–Trinajstić information content (AvgIpc) is 3.02. The third-order valence-electron chi connectivity index (χ3n) is 3.48. The Morgan fingerprint density at radius 2 is 2.12 bits per heavy atom. The molecule has 2 N–H and O–H groups in total. The van der Waals surface area contributed by atoms with E-state index in [0.717, 1.165) is 18.4 Å². The summed E-state index contributed by atoms with van der Waals surface area (Å²) < 4.78 is 1.24. The lowest BCUT2D eigenvalue weighted by molar-refractivity contribution is -0.132. The fourth-order valence-electron chi connectivity index (χ4n) is 2.41. The Labute approximate surface area is 104 Å². The standard InChI is InChI=1S/C13H14N2OS/c1-15(14)12(16)13(6-7-13)10-8-17-11-5-3-2-4-9(10)11/h2-5,8H,6-7,14H2,1H3. The minimum Gasteiger partial charge on any atom is -0.283 e. The second kappa shape index (κ2) is 3.55. The molecule has 1 aliphatic rings. The van der Waals surface area contributed by atoms with E-state index in [1.807, 2.05) is 12.1 Å². The maximum Gasteiger partial charge on any atom is 0.246 e. The van der Waals surface area contributed by atoms with Gasteiger partial charge >= 0.3 is 0 Å². The number of hydrogen-bond acceptors (Lipinski definition) is 3. The van der Waals surface area contributed by atoms with Crippen LogP contribution in [0.25, 0.3) is 10.1 Å². The zero-order valence-electron chi connectivity index (χ0n) is 9.64. The highest BCUT2D eigenvalue weighted by atomic mass is 32.1. The number of carbonyl (C=O) groups excluding carboxylic acids is 1. The van der Waals surface area contributed by atoms with Crippen molar-refractivity contribution in [1.82, 2.24) is 5.01 Å². The number of thiophene rings is 1. The van der Waals surface area contributed by atoms with Gasteiger partial charge in [-0.3, -0.25) is 9.80 Å². The summed E-state index contributed by atoms with van der Waals surface area (Å²) in [5.41, 5.74) is 0.809. The number of hydrogen-bond donors (Lipinski definition) is 1. The highest BCUT2D eigenvalue weighted by Crippen LogP contribution is 2.52. The number of benzene rings is 1. The highest BCUT2D eigenvalue weighted by Gasteiger charge is 2.53. The molecule has 1 saturated carbocycles. The zero-order chi connectivity index (χ0) is 12.0. The first-order chi connectivity index (χ1) is 8.15. The van der Waals surface area contributed by atoms with Crippen LogP contribution in [-0.2, 0) is 10.2 Å². The third kappa shape index (κ3) is 1.48. The first kappa shape index (κ1) is 10.7. The van der Waals surface area contributed by atoms with Crippen LogP contribution < -0.4 is 5.84 Å². The molecule has 4 heteroatoms. The van der Waals surface area contributed by atoms with Gasteiger partial charge in [-0.1, -0.05) is 18.2 Å². The topological polar surface area (TPSA) is 46.3 Å². The highest BCUT2D eigenvalue weighted by molar-refractivity contribution is 7.17. The number of nitrogens with two attached hydrogens (primary N) is 1. The average molecular weight is 246 g/mol. The number of hydrazine groups is 1. The molecule has 1 heterocycles. The van der Waals surface area contributed by atoms with E-state index in [1.165, 1.54) is 15.1 Å². The number of fused-ring (bicyclic) bond motifs is 1. The fourth-order valence-corrected chi connectivity index (χ4v) is 3.47. The Morgan fingerprint density at radius 3 is 2.76 bits per heavy atom. The number of likely N-dealkylation sites (N-methyl/N-ethyl adjacent to an activating group) is 1. The Balaban J connectivity index is 2.13. The molecular formula is C13H14N2OS. The summed E-state index contributed by atoms with van der Waals surface area (Å²) in [6.07, 6.45) is 1.82. The largest absolute Gasteiger partial charge is 0.283 e. The molecule has 0 spiro atoms. The zero-order valence-corrected chi connectivity index (χ0v) is 10.5. The van der Waals surface area contributed by atoms with Gasteiger partial charge in [0.15, 0.2) is 0 Å². The lowest BCUT2D eigenvalue weighted by atomic mass is 9.94. The van der Waals surface area contributed by atoms with Crippen molar-refractivity contribution in [3.63, 3.8) is 0 Å². The Morgan fingerprint density at radius 1 is 1.41 bits per heavy atom. The number of carbonyl (C=O) groups is 1. The SMILES string of the molecule is CN(N)C(=O)C1(c2csc3ccccc23)CC1. The van der Waals surface area contributed by atoms with Gasteiger partial charge in [-0.05, 0) is 35.2 Å². The van der Waals surface area contributed by atoms with Crippen LogP contribution in [0.4, 0.5) is 0 Å². The van der Waals surface area contributed by atoms with Gasteiger partial charge in [0.2, 0.25) is 5.91 Å². The summed E-state index contributed by atoms with van der Waals surface area (Å²) >= 11 is 1.70. The van der Waals surface area contributed by atoms with E-state index < -0.39 is 0 Å².